The number of anilines is 3. The minimum Gasteiger partial charge on any atom is -0.508 e. The minimum absolute atomic E-state index is 0.0164. The van der Waals surface area contributed by atoms with E-state index < -0.39 is 6.04 Å². The average Bonchev–Trinajstić information content (AvgIpc) is 3.72. The van der Waals surface area contributed by atoms with Crippen LogP contribution in [0.15, 0.2) is 55.1 Å². The number of aromatic hydroxyl groups is 2. The molecule has 2 amide bonds. The zero-order valence-electron chi connectivity index (χ0n) is 34.8. The van der Waals surface area contributed by atoms with Crippen LogP contribution in [0.3, 0.4) is 0 Å². The molecule has 0 bridgehead atoms. The number of carbonyl (C=O) groups excluding carboxylic acids is 2. The highest BCUT2D eigenvalue weighted by Gasteiger charge is 2.33. The molecule has 18 nitrogen and oxygen atoms in total. The molecule has 0 unspecified atom stereocenters. The molecule has 0 radical (unpaired) electrons. The summed E-state index contributed by atoms with van der Waals surface area (Å²) in [5.74, 6) is 1.34. The summed E-state index contributed by atoms with van der Waals surface area (Å²) in [6.07, 6.45) is 7.08. The quantitative estimate of drug-likeness (QED) is 0.167. The predicted octanol–water partition coefficient (Wildman–Crippen LogP) is 2.71. The van der Waals surface area contributed by atoms with E-state index in [1.54, 1.807) is 34.5 Å². The van der Waals surface area contributed by atoms with Gasteiger partial charge in [0.05, 0.1) is 61.6 Å². The van der Waals surface area contributed by atoms with Crippen LogP contribution in [0.4, 0.5) is 17.6 Å². The third-order valence-electron chi connectivity index (χ3n) is 12.2. The Labute approximate surface area is 358 Å². The highest BCUT2D eigenvalue weighted by Crippen LogP contribution is 2.35. The Bertz CT molecular complexity index is 2480. The molecule has 18 heteroatoms. The maximum absolute atomic E-state index is 13.8. The van der Waals surface area contributed by atoms with Crippen molar-refractivity contribution in [3.8, 4) is 22.9 Å². The number of hydrogen-bond donors (Lipinski definition) is 4. The molecule has 7 heterocycles. The van der Waals surface area contributed by atoms with E-state index in [1.165, 1.54) is 12.3 Å². The topological polar surface area (TPSA) is 224 Å². The van der Waals surface area contributed by atoms with Crippen molar-refractivity contribution in [3.05, 3.63) is 99.9 Å². The fourth-order valence-corrected chi connectivity index (χ4v) is 8.80. The van der Waals surface area contributed by atoms with E-state index in [-0.39, 0.29) is 53.0 Å². The van der Waals surface area contributed by atoms with E-state index in [4.69, 9.17) is 20.4 Å². The molecule has 1 atom stereocenters. The van der Waals surface area contributed by atoms with Gasteiger partial charge >= 0.3 is 0 Å². The first-order chi connectivity index (χ1) is 30.0. The standard InChI is InChI=1S/C44H50N12O6/c1-26(2)33-14-34(38(59)15-37(33)58)42(60)55-21-28-4-3-27(13-29(28)22-55)20-52-7-8-56(31(23-52)25-57)43(61)35-18-47-39(19-46-35)54-6-5-32-36(24-54)50-40(30-16-48-44(45)49-17-30)51-41(32)53-9-11-62-12-10-53/h3-4,13-19,26,31,57-59H,5-12,20-25H2,1-2H3,(H2,45,48,49)/t31-/m0/s1. The van der Waals surface area contributed by atoms with Crippen molar-refractivity contribution in [1.82, 2.24) is 44.6 Å². The van der Waals surface area contributed by atoms with Gasteiger partial charge in [-0.3, -0.25) is 14.5 Å². The number of amides is 2. The van der Waals surface area contributed by atoms with Gasteiger partial charge in [-0.1, -0.05) is 32.0 Å². The summed E-state index contributed by atoms with van der Waals surface area (Å²) in [5, 5.41) is 31.3. The number of fused-ring (bicyclic) bond motifs is 2. The molecule has 2 fully saturated rings. The first kappa shape index (κ1) is 40.9. The Balaban J connectivity index is 0.834. The molecule has 62 heavy (non-hydrogen) atoms. The molecular formula is C44H50N12O6. The van der Waals surface area contributed by atoms with Crippen molar-refractivity contribution < 1.29 is 29.6 Å². The number of hydrogen-bond acceptors (Lipinski definition) is 16. The van der Waals surface area contributed by atoms with Gasteiger partial charge in [-0.25, -0.2) is 29.9 Å². The lowest BCUT2D eigenvalue weighted by Gasteiger charge is -2.40. The van der Waals surface area contributed by atoms with Gasteiger partial charge in [0.2, 0.25) is 5.95 Å². The second kappa shape index (κ2) is 17.1. The maximum atomic E-state index is 13.8. The number of rotatable bonds is 9. The molecule has 5 N–H and O–H groups in total. The van der Waals surface area contributed by atoms with Crippen molar-refractivity contribution in [2.45, 2.75) is 58.4 Å². The van der Waals surface area contributed by atoms with Gasteiger partial charge in [0.15, 0.2) is 5.82 Å². The summed E-state index contributed by atoms with van der Waals surface area (Å²) >= 11 is 0. The number of benzene rings is 2. The number of carbonyl (C=O) groups is 2. The molecule has 0 saturated carbocycles. The van der Waals surface area contributed by atoms with Crippen LogP contribution in [-0.4, -0.2) is 137 Å². The number of phenolic OH excluding ortho intramolecular Hbond substituents is 2. The Morgan fingerprint density at radius 3 is 2.37 bits per heavy atom. The maximum Gasteiger partial charge on any atom is 0.274 e. The van der Waals surface area contributed by atoms with Crippen molar-refractivity contribution in [2.75, 3.05) is 74.6 Å². The summed E-state index contributed by atoms with van der Waals surface area (Å²) < 4.78 is 5.61. The lowest BCUT2D eigenvalue weighted by atomic mass is 9.98. The summed E-state index contributed by atoms with van der Waals surface area (Å²) in [4.78, 5) is 64.8. The number of aliphatic hydroxyl groups excluding tert-OH is 1. The molecule has 3 aromatic heterocycles. The zero-order chi connectivity index (χ0) is 43.1. The third kappa shape index (κ3) is 8.15. The Morgan fingerprint density at radius 1 is 0.839 bits per heavy atom. The molecule has 0 spiro atoms. The van der Waals surface area contributed by atoms with Crippen LogP contribution in [0.25, 0.3) is 11.4 Å². The Kier molecular flexibility index (Phi) is 11.3. The number of nitrogens with zero attached hydrogens (tertiary/aromatic N) is 11. The fourth-order valence-electron chi connectivity index (χ4n) is 8.80. The van der Waals surface area contributed by atoms with Crippen molar-refractivity contribution in [2.24, 2.45) is 0 Å². The minimum atomic E-state index is -0.437. The van der Waals surface area contributed by atoms with E-state index in [1.807, 2.05) is 19.9 Å². The van der Waals surface area contributed by atoms with Crippen LogP contribution >= 0.6 is 0 Å². The number of nitrogens with two attached hydrogens (primary N) is 1. The number of phenols is 2. The molecule has 0 aliphatic carbocycles. The van der Waals surface area contributed by atoms with Crippen molar-refractivity contribution in [1.29, 1.82) is 0 Å². The molecule has 4 aliphatic heterocycles. The van der Waals surface area contributed by atoms with Crippen LogP contribution < -0.4 is 15.5 Å². The van der Waals surface area contributed by atoms with Crippen molar-refractivity contribution >= 4 is 29.4 Å². The van der Waals surface area contributed by atoms with Crippen LogP contribution in [-0.2, 0) is 37.3 Å². The lowest BCUT2D eigenvalue weighted by molar-refractivity contribution is 0.0277. The van der Waals surface area contributed by atoms with Crippen molar-refractivity contribution in [3.63, 3.8) is 0 Å². The molecule has 9 rings (SSSR count). The number of aliphatic hydroxyl groups is 1. The molecule has 4 aliphatic rings. The van der Waals surface area contributed by atoms with Gasteiger partial charge in [0.1, 0.15) is 28.8 Å². The smallest absolute Gasteiger partial charge is 0.274 e. The van der Waals surface area contributed by atoms with Gasteiger partial charge in [0, 0.05) is 82.9 Å². The van der Waals surface area contributed by atoms with Crippen LogP contribution in [0.5, 0.6) is 11.5 Å². The SMILES string of the molecule is CC(C)c1cc(C(=O)N2Cc3ccc(CN4CCN(C(=O)c5cnc(N6CCc7c(nc(-c8cnc(N)nc8)nc7N7CCOCC7)C6)cn5)[C@H](CO)C4)cc3C2)c(O)cc1O. The third-order valence-corrected chi connectivity index (χ3v) is 12.2. The summed E-state index contributed by atoms with van der Waals surface area (Å²) in [6, 6.07) is 8.57. The summed E-state index contributed by atoms with van der Waals surface area (Å²) in [5.41, 5.74) is 12.5. The van der Waals surface area contributed by atoms with E-state index in [0.29, 0.717) is 94.8 Å². The first-order valence-corrected chi connectivity index (χ1v) is 21.0. The number of morpholine rings is 1. The van der Waals surface area contributed by atoms with E-state index in [9.17, 15) is 24.9 Å². The number of nitrogen functional groups attached to an aromatic ring is 1. The van der Waals surface area contributed by atoms with Crippen LogP contribution in [0.1, 0.15) is 74.1 Å². The number of piperazine rings is 1. The van der Waals surface area contributed by atoms with Crippen LogP contribution in [0, 0.1) is 0 Å². The average molecular weight is 843 g/mol. The second-order valence-electron chi connectivity index (χ2n) is 16.6. The Morgan fingerprint density at radius 2 is 1.63 bits per heavy atom. The number of ether oxygens (including phenoxy) is 1. The number of aromatic nitrogens is 6. The summed E-state index contributed by atoms with van der Waals surface area (Å²) in [6.45, 7) is 10.4. The van der Waals surface area contributed by atoms with E-state index >= 15 is 0 Å². The molecule has 322 valence electrons. The van der Waals surface area contributed by atoms with E-state index in [2.05, 4.69) is 46.8 Å². The normalized spacial score (nSPS) is 18.0. The monoisotopic (exact) mass is 842 g/mol. The van der Waals surface area contributed by atoms with Gasteiger partial charge in [-0.05, 0) is 40.7 Å². The molecule has 5 aromatic rings. The Hall–Kier alpha value is -6.50. The molecule has 2 saturated heterocycles. The van der Waals surface area contributed by atoms with Gasteiger partial charge in [0.25, 0.3) is 11.8 Å². The van der Waals surface area contributed by atoms with E-state index in [0.717, 1.165) is 46.9 Å². The predicted molar refractivity (Wildman–Crippen MR) is 228 cm³/mol. The largest absolute Gasteiger partial charge is 0.508 e. The molecule has 2 aromatic carbocycles. The van der Waals surface area contributed by atoms with Gasteiger partial charge in [-0.15, -0.1) is 0 Å². The first-order valence-electron chi connectivity index (χ1n) is 21.0. The fraction of sp³-hybridized carbons (Fsp3) is 0.409. The van der Waals surface area contributed by atoms with Gasteiger partial charge < -0.3 is 45.4 Å². The molecular weight excluding hydrogens is 793 g/mol. The van der Waals surface area contributed by atoms with Crippen LogP contribution in [0.2, 0.25) is 0 Å². The summed E-state index contributed by atoms with van der Waals surface area (Å²) in [7, 11) is 0. The zero-order valence-corrected chi connectivity index (χ0v) is 34.8. The highest BCUT2D eigenvalue weighted by molar-refractivity contribution is 5.97. The van der Waals surface area contributed by atoms with Gasteiger partial charge in [-0.2, -0.15) is 0 Å². The lowest BCUT2D eigenvalue weighted by Crippen LogP contribution is -2.56. The highest BCUT2D eigenvalue weighted by atomic mass is 16.5. The second-order valence-corrected chi connectivity index (χ2v) is 16.6.